The summed E-state index contributed by atoms with van der Waals surface area (Å²) < 4.78 is 33.5. The number of benzene rings is 1. The van der Waals surface area contributed by atoms with E-state index >= 15 is 0 Å². The summed E-state index contributed by atoms with van der Waals surface area (Å²) in [5.41, 5.74) is 5.08. The summed E-state index contributed by atoms with van der Waals surface area (Å²) in [4.78, 5) is 23.8. The summed E-state index contributed by atoms with van der Waals surface area (Å²) in [5, 5.41) is 2.77. The van der Waals surface area contributed by atoms with Gasteiger partial charge in [0.1, 0.15) is 11.6 Å². The molecule has 6 nitrogen and oxygen atoms in total. The van der Waals surface area contributed by atoms with E-state index < -0.39 is 29.7 Å². The van der Waals surface area contributed by atoms with Crippen molar-refractivity contribution in [3.8, 4) is 0 Å². The highest BCUT2D eigenvalue weighted by molar-refractivity contribution is 7.99. The summed E-state index contributed by atoms with van der Waals surface area (Å²) in [6.45, 7) is 1.12. The number of anilines is 1. The molecule has 2 heterocycles. The highest BCUT2D eigenvalue weighted by atomic mass is 32.2. The Balaban J connectivity index is 1.88. The number of thioether (sulfide) groups is 1. The second kappa shape index (κ2) is 6.32. The minimum absolute atomic E-state index is 0.00580. The number of hydrogen-bond acceptors (Lipinski definition) is 5. The molecule has 2 fully saturated rings. The molecular weight excluding hydrogens is 328 g/mol. The number of amides is 2. The SMILES string of the molecule is NC(=O)[C@H]1CN(c2cc(F)c(C3CNCCS3)c(F)c2)C(=O)O1. The Bertz CT molecular complexity index is 629. The number of nitrogens with two attached hydrogens (primary N) is 1. The molecule has 2 amide bonds. The maximum absolute atomic E-state index is 14.4. The average Bonchev–Trinajstić information content (AvgIpc) is 2.90. The maximum Gasteiger partial charge on any atom is 0.415 e. The van der Waals surface area contributed by atoms with Crippen molar-refractivity contribution in [1.29, 1.82) is 0 Å². The zero-order chi connectivity index (χ0) is 16.6. The molecule has 0 bridgehead atoms. The first-order valence-corrected chi connectivity index (χ1v) is 8.11. The Morgan fingerprint density at radius 2 is 2.09 bits per heavy atom. The lowest BCUT2D eigenvalue weighted by molar-refractivity contribution is -0.124. The van der Waals surface area contributed by atoms with Crippen LogP contribution in [0.3, 0.4) is 0 Å². The van der Waals surface area contributed by atoms with Crippen LogP contribution in [0.2, 0.25) is 0 Å². The molecule has 0 aromatic heterocycles. The molecule has 2 aliphatic heterocycles. The van der Waals surface area contributed by atoms with E-state index in [1.54, 1.807) is 0 Å². The molecule has 0 radical (unpaired) electrons. The average molecular weight is 343 g/mol. The molecular formula is C14H15F2N3O3S. The summed E-state index contributed by atoms with van der Waals surface area (Å²) in [7, 11) is 0. The number of hydrogen-bond donors (Lipinski definition) is 2. The van der Waals surface area contributed by atoms with Gasteiger partial charge in [0, 0.05) is 29.7 Å². The van der Waals surface area contributed by atoms with E-state index in [-0.39, 0.29) is 23.0 Å². The van der Waals surface area contributed by atoms with Gasteiger partial charge in [-0.3, -0.25) is 9.69 Å². The van der Waals surface area contributed by atoms with Gasteiger partial charge in [-0.15, -0.1) is 0 Å². The molecule has 23 heavy (non-hydrogen) atoms. The van der Waals surface area contributed by atoms with Crippen molar-refractivity contribution in [2.45, 2.75) is 11.4 Å². The van der Waals surface area contributed by atoms with Crippen LogP contribution in [-0.2, 0) is 9.53 Å². The fraction of sp³-hybridized carbons (Fsp3) is 0.429. The van der Waals surface area contributed by atoms with Crippen molar-refractivity contribution in [2.75, 3.05) is 30.3 Å². The first-order valence-electron chi connectivity index (χ1n) is 7.06. The normalized spacial score (nSPS) is 24.6. The highest BCUT2D eigenvalue weighted by Crippen LogP contribution is 2.36. The summed E-state index contributed by atoms with van der Waals surface area (Å²) in [6.07, 6.45) is -1.97. The predicted molar refractivity (Wildman–Crippen MR) is 81.2 cm³/mol. The van der Waals surface area contributed by atoms with Crippen LogP contribution in [0.4, 0.5) is 19.3 Å². The van der Waals surface area contributed by atoms with Gasteiger partial charge < -0.3 is 15.8 Å². The first kappa shape index (κ1) is 16.0. The van der Waals surface area contributed by atoms with Gasteiger partial charge in [-0.05, 0) is 12.1 Å². The number of nitrogens with one attached hydrogen (secondary N) is 1. The Morgan fingerprint density at radius 3 is 2.61 bits per heavy atom. The summed E-state index contributed by atoms with van der Waals surface area (Å²) in [6, 6.07) is 2.16. The lowest BCUT2D eigenvalue weighted by atomic mass is 10.1. The Morgan fingerprint density at radius 1 is 1.39 bits per heavy atom. The number of cyclic esters (lactones) is 1. The van der Waals surface area contributed by atoms with Gasteiger partial charge in [0.2, 0.25) is 0 Å². The van der Waals surface area contributed by atoms with Gasteiger partial charge in [-0.2, -0.15) is 11.8 Å². The molecule has 1 aromatic carbocycles. The third-order valence-corrected chi connectivity index (χ3v) is 5.00. The lowest BCUT2D eigenvalue weighted by Gasteiger charge is -2.24. The van der Waals surface area contributed by atoms with Crippen LogP contribution >= 0.6 is 11.8 Å². The van der Waals surface area contributed by atoms with Crippen LogP contribution in [0.1, 0.15) is 10.8 Å². The number of primary amides is 1. The Labute approximate surface area is 135 Å². The molecule has 3 N–H and O–H groups in total. The topological polar surface area (TPSA) is 84.7 Å². The van der Waals surface area contributed by atoms with E-state index in [4.69, 9.17) is 10.5 Å². The molecule has 1 aromatic rings. The van der Waals surface area contributed by atoms with Crippen molar-refractivity contribution >= 4 is 29.4 Å². The quantitative estimate of drug-likeness (QED) is 0.860. The molecule has 2 atom stereocenters. The fourth-order valence-corrected chi connectivity index (χ4v) is 3.78. The molecule has 1 unspecified atom stereocenters. The molecule has 2 saturated heterocycles. The molecule has 0 saturated carbocycles. The van der Waals surface area contributed by atoms with Crippen molar-refractivity contribution in [3.63, 3.8) is 0 Å². The van der Waals surface area contributed by atoms with E-state index in [1.807, 2.05) is 0 Å². The van der Waals surface area contributed by atoms with Gasteiger partial charge in [0.05, 0.1) is 12.2 Å². The van der Waals surface area contributed by atoms with Crippen molar-refractivity contribution in [3.05, 3.63) is 29.3 Å². The number of rotatable bonds is 3. The number of halogens is 2. The second-order valence-corrected chi connectivity index (χ2v) is 6.58. The van der Waals surface area contributed by atoms with E-state index in [9.17, 15) is 18.4 Å². The van der Waals surface area contributed by atoms with Gasteiger partial charge >= 0.3 is 6.09 Å². The summed E-state index contributed by atoms with van der Waals surface area (Å²) >= 11 is 1.48. The van der Waals surface area contributed by atoms with Crippen LogP contribution in [0, 0.1) is 11.6 Å². The number of carbonyl (C=O) groups is 2. The van der Waals surface area contributed by atoms with E-state index in [1.165, 1.54) is 11.8 Å². The van der Waals surface area contributed by atoms with Crippen LogP contribution in [0.15, 0.2) is 12.1 Å². The van der Waals surface area contributed by atoms with Gasteiger partial charge in [0.15, 0.2) is 6.10 Å². The Hall–Kier alpha value is -1.87. The lowest BCUT2D eigenvalue weighted by Crippen LogP contribution is -2.32. The predicted octanol–water partition coefficient (Wildman–Crippen LogP) is 1.15. The molecule has 3 rings (SSSR count). The van der Waals surface area contributed by atoms with Crippen molar-refractivity contribution in [1.82, 2.24) is 5.32 Å². The Kier molecular flexibility index (Phi) is 4.40. The number of ether oxygens (including phenoxy) is 1. The van der Waals surface area contributed by atoms with E-state index in [0.29, 0.717) is 6.54 Å². The smallest absolute Gasteiger partial charge is 0.415 e. The van der Waals surface area contributed by atoms with Gasteiger partial charge in [0.25, 0.3) is 5.91 Å². The van der Waals surface area contributed by atoms with Gasteiger partial charge in [-0.25, -0.2) is 13.6 Å². The van der Waals surface area contributed by atoms with E-state index in [2.05, 4.69) is 5.32 Å². The van der Waals surface area contributed by atoms with Crippen molar-refractivity contribution in [2.24, 2.45) is 5.73 Å². The monoisotopic (exact) mass is 343 g/mol. The second-order valence-electron chi connectivity index (χ2n) is 5.27. The highest BCUT2D eigenvalue weighted by Gasteiger charge is 2.36. The van der Waals surface area contributed by atoms with Gasteiger partial charge in [-0.1, -0.05) is 0 Å². The zero-order valence-electron chi connectivity index (χ0n) is 12.1. The molecule has 2 aliphatic rings. The zero-order valence-corrected chi connectivity index (χ0v) is 12.9. The molecule has 9 heteroatoms. The van der Waals surface area contributed by atoms with Crippen molar-refractivity contribution < 1.29 is 23.1 Å². The first-order chi connectivity index (χ1) is 11.0. The number of carbonyl (C=O) groups excluding carboxylic acids is 2. The minimum Gasteiger partial charge on any atom is -0.434 e. The third-order valence-electron chi connectivity index (χ3n) is 3.75. The molecule has 0 spiro atoms. The minimum atomic E-state index is -1.12. The number of nitrogens with zero attached hydrogens (tertiary/aromatic N) is 1. The van der Waals surface area contributed by atoms with Crippen LogP contribution < -0.4 is 16.0 Å². The van der Waals surface area contributed by atoms with Crippen LogP contribution in [-0.4, -0.2) is 43.5 Å². The largest absolute Gasteiger partial charge is 0.434 e. The third kappa shape index (κ3) is 3.11. The maximum atomic E-state index is 14.4. The molecule has 124 valence electrons. The fourth-order valence-electron chi connectivity index (χ4n) is 2.61. The van der Waals surface area contributed by atoms with Crippen LogP contribution in [0.5, 0.6) is 0 Å². The summed E-state index contributed by atoms with van der Waals surface area (Å²) in [5.74, 6) is -1.49. The van der Waals surface area contributed by atoms with E-state index in [0.717, 1.165) is 29.3 Å². The molecule has 0 aliphatic carbocycles. The van der Waals surface area contributed by atoms with Crippen LogP contribution in [0.25, 0.3) is 0 Å². The standard InChI is InChI=1S/C14H15F2N3O3S/c15-8-3-7(19-6-10(13(17)20)22-14(19)21)4-9(16)12(8)11-5-18-1-2-23-11/h3-4,10-11,18H,1-2,5-6H2,(H2,17,20)/t10-,11?/m1/s1.